The Morgan fingerprint density at radius 2 is 1.39 bits per heavy atom. The molecule has 5 nitrogen and oxygen atoms in total. The van der Waals surface area contributed by atoms with Crippen molar-refractivity contribution in [2.45, 2.75) is 52.6 Å². The van der Waals surface area contributed by atoms with Crippen molar-refractivity contribution in [2.24, 2.45) is 0 Å². The Hall–Kier alpha value is -1.76. The van der Waals surface area contributed by atoms with Gasteiger partial charge in [-0.15, -0.1) is 0 Å². The molecule has 3 atom stereocenters. The summed E-state index contributed by atoms with van der Waals surface area (Å²) in [6.07, 6.45) is -11.8. The number of hydrogen-bond donors (Lipinski definition) is 0. The number of alkyl halides is 6. The summed E-state index contributed by atoms with van der Waals surface area (Å²) in [6, 6.07) is 5.67. The molecule has 196 valence electrons. The van der Waals surface area contributed by atoms with Crippen LogP contribution < -0.4 is 33.6 Å². The van der Waals surface area contributed by atoms with Gasteiger partial charge in [-0.3, -0.25) is 4.79 Å². The molecular formula is C23H26F6LiO5P. The molecule has 0 spiro atoms. The molecule has 0 heterocycles. The van der Waals surface area contributed by atoms with Gasteiger partial charge in [-0.05, 0) is 60.5 Å². The SMILES string of the molecule is CCOC(C)Oc1ccc(PC(=O)c2c(C(F)(F)F)cccc2C(F)(F)F)c(OC(C)OCC)c1.[H-].[Li+]. The molecule has 0 aliphatic rings. The fourth-order valence-corrected chi connectivity index (χ4v) is 4.20. The smallest absolute Gasteiger partial charge is 1.00 e. The summed E-state index contributed by atoms with van der Waals surface area (Å²) < 4.78 is 103. The van der Waals surface area contributed by atoms with Crippen LogP contribution in [0.15, 0.2) is 36.4 Å². The first-order valence-electron chi connectivity index (χ1n) is 10.6. The van der Waals surface area contributed by atoms with Gasteiger partial charge in [0.1, 0.15) is 11.5 Å². The molecule has 2 rings (SSSR count). The van der Waals surface area contributed by atoms with E-state index in [1.807, 2.05) is 0 Å². The van der Waals surface area contributed by atoms with Crippen molar-refractivity contribution in [3.05, 3.63) is 53.1 Å². The van der Waals surface area contributed by atoms with Crippen LogP contribution in [0.1, 0.15) is 50.6 Å². The monoisotopic (exact) mass is 534 g/mol. The minimum Gasteiger partial charge on any atom is -1.00 e. The fourth-order valence-electron chi connectivity index (χ4n) is 3.14. The van der Waals surface area contributed by atoms with Crippen molar-refractivity contribution < 1.29 is 70.4 Å². The van der Waals surface area contributed by atoms with Gasteiger partial charge in [-0.2, -0.15) is 26.3 Å². The zero-order valence-corrected chi connectivity index (χ0v) is 21.3. The zero-order valence-electron chi connectivity index (χ0n) is 21.3. The van der Waals surface area contributed by atoms with Gasteiger partial charge in [0.2, 0.25) is 0 Å². The maximum Gasteiger partial charge on any atom is 1.00 e. The summed E-state index contributed by atoms with van der Waals surface area (Å²) in [5, 5.41) is 0.0862. The van der Waals surface area contributed by atoms with Crippen LogP contribution in [0.4, 0.5) is 26.3 Å². The number of carbonyl (C=O) groups is 1. The van der Waals surface area contributed by atoms with Crippen molar-refractivity contribution in [1.82, 2.24) is 0 Å². The Morgan fingerprint density at radius 3 is 1.86 bits per heavy atom. The third-order valence-corrected chi connectivity index (χ3v) is 5.66. The molecule has 0 amide bonds. The molecular weight excluding hydrogens is 508 g/mol. The van der Waals surface area contributed by atoms with Crippen molar-refractivity contribution in [3.63, 3.8) is 0 Å². The molecule has 0 radical (unpaired) electrons. The number of halogens is 6. The average Bonchev–Trinajstić information content (AvgIpc) is 2.74. The van der Waals surface area contributed by atoms with E-state index in [2.05, 4.69) is 0 Å². The molecule has 0 bridgehead atoms. The van der Waals surface area contributed by atoms with E-state index in [0.717, 1.165) is 0 Å². The molecule has 0 saturated heterocycles. The Balaban J connectivity index is 0.00000648. The van der Waals surface area contributed by atoms with Crippen molar-refractivity contribution in [2.75, 3.05) is 13.2 Å². The van der Waals surface area contributed by atoms with E-state index in [-0.39, 0.29) is 43.7 Å². The van der Waals surface area contributed by atoms with Crippen LogP contribution >= 0.6 is 8.58 Å². The van der Waals surface area contributed by atoms with Gasteiger partial charge in [0.25, 0.3) is 0 Å². The van der Waals surface area contributed by atoms with E-state index >= 15 is 0 Å². The third kappa shape index (κ3) is 8.96. The summed E-state index contributed by atoms with van der Waals surface area (Å²) in [6.45, 7) is 7.32. The largest absolute Gasteiger partial charge is 1.00 e. The van der Waals surface area contributed by atoms with Crippen LogP contribution in [0, 0.1) is 0 Å². The van der Waals surface area contributed by atoms with E-state index < -0.39 is 55.7 Å². The summed E-state index contributed by atoms with van der Waals surface area (Å²) in [5.41, 5.74) is -6.07. The van der Waals surface area contributed by atoms with Crippen molar-refractivity contribution in [1.29, 1.82) is 0 Å². The number of hydrogen-bond acceptors (Lipinski definition) is 5. The number of benzene rings is 2. The van der Waals surface area contributed by atoms with E-state index in [1.54, 1.807) is 27.7 Å². The van der Waals surface area contributed by atoms with Gasteiger partial charge in [0, 0.05) is 30.1 Å². The van der Waals surface area contributed by atoms with Crippen LogP contribution in [0.2, 0.25) is 0 Å². The van der Waals surface area contributed by atoms with Crippen LogP contribution in [-0.4, -0.2) is 31.3 Å². The molecule has 2 aromatic rings. The first kappa shape index (κ1) is 32.3. The Labute approximate surface area is 220 Å². The van der Waals surface area contributed by atoms with E-state index in [0.29, 0.717) is 24.8 Å². The molecule has 3 unspecified atom stereocenters. The molecule has 0 aromatic heterocycles. The van der Waals surface area contributed by atoms with Crippen LogP contribution in [0.5, 0.6) is 11.5 Å². The van der Waals surface area contributed by atoms with Crippen molar-refractivity contribution >= 4 is 19.4 Å². The van der Waals surface area contributed by atoms with E-state index in [9.17, 15) is 31.1 Å². The number of ether oxygens (including phenoxy) is 4. The third-order valence-electron chi connectivity index (χ3n) is 4.50. The maximum atomic E-state index is 13.5. The topological polar surface area (TPSA) is 54.0 Å². The van der Waals surface area contributed by atoms with Gasteiger partial charge in [-0.25, -0.2) is 0 Å². The second kappa shape index (κ2) is 13.7. The molecule has 0 saturated carbocycles. The Kier molecular flexibility index (Phi) is 12.3. The Morgan fingerprint density at radius 1 is 0.889 bits per heavy atom. The fraction of sp³-hybridized carbons (Fsp3) is 0.435. The molecule has 2 aromatic carbocycles. The van der Waals surface area contributed by atoms with Crippen molar-refractivity contribution in [3.8, 4) is 11.5 Å². The summed E-state index contributed by atoms with van der Waals surface area (Å²) in [5.74, 6) is 0.286. The van der Waals surface area contributed by atoms with Gasteiger partial charge in [0.05, 0.1) is 11.1 Å². The second-order valence-electron chi connectivity index (χ2n) is 7.12. The van der Waals surface area contributed by atoms with Crippen LogP contribution in [0.3, 0.4) is 0 Å². The minimum absolute atomic E-state index is 0. The molecule has 0 aliphatic heterocycles. The maximum absolute atomic E-state index is 13.5. The van der Waals surface area contributed by atoms with E-state index in [4.69, 9.17) is 18.9 Å². The van der Waals surface area contributed by atoms with Crippen LogP contribution in [-0.2, 0) is 21.8 Å². The van der Waals surface area contributed by atoms with Gasteiger partial charge in [-0.1, -0.05) is 6.07 Å². The standard InChI is InChI=1S/C23H25F6O5P.Li.H/c1-5-31-13(3)33-15-10-11-19(18(12-15)34-14(4)32-6-2)35-21(30)20-16(22(24,25)26)8-7-9-17(20)23(27,28)29;;/h7-14,35H,5-6H2,1-4H3;;/q;+1;-1. The predicted molar refractivity (Wildman–Crippen MR) is 120 cm³/mol. The molecule has 0 N–H and O–H groups in total. The molecule has 36 heavy (non-hydrogen) atoms. The minimum atomic E-state index is -5.16. The first-order chi connectivity index (χ1) is 16.3. The molecule has 13 heteroatoms. The predicted octanol–water partition coefficient (Wildman–Crippen LogP) is 3.51. The Bertz CT molecular complexity index is 990. The van der Waals surface area contributed by atoms with Gasteiger partial charge < -0.3 is 20.4 Å². The molecule has 0 aliphatic carbocycles. The number of carbonyl (C=O) groups excluding carboxylic acids is 1. The first-order valence-corrected chi connectivity index (χ1v) is 11.6. The average molecular weight is 534 g/mol. The summed E-state index contributed by atoms with van der Waals surface area (Å²) in [7, 11) is -1.11. The molecule has 0 fully saturated rings. The quantitative estimate of drug-likeness (QED) is 0.191. The summed E-state index contributed by atoms with van der Waals surface area (Å²) >= 11 is 0. The summed E-state index contributed by atoms with van der Waals surface area (Å²) in [4.78, 5) is 12.9. The second-order valence-corrected chi connectivity index (χ2v) is 8.36. The van der Waals surface area contributed by atoms with E-state index in [1.165, 1.54) is 18.2 Å². The number of rotatable bonds is 11. The zero-order chi connectivity index (χ0) is 26.4. The normalized spacial score (nSPS) is 13.8. The van der Waals surface area contributed by atoms with Crippen LogP contribution in [0.25, 0.3) is 0 Å². The van der Waals surface area contributed by atoms with Gasteiger partial charge >= 0.3 is 31.2 Å². The van der Waals surface area contributed by atoms with Gasteiger partial charge in [0.15, 0.2) is 18.1 Å².